The molecule has 0 unspecified atom stereocenters. The van der Waals surface area contributed by atoms with Gasteiger partial charge in [0.25, 0.3) is 0 Å². The van der Waals surface area contributed by atoms with Crippen molar-refractivity contribution in [3.8, 4) is 18.2 Å². The lowest BCUT2D eigenvalue weighted by Gasteiger charge is -2.11. The summed E-state index contributed by atoms with van der Waals surface area (Å²) < 4.78 is 24.3. The van der Waals surface area contributed by atoms with Gasteiger partial charge >= 0.3 is 0 Å². The van der Waals surface area contributed by atoms with Crippen molar-refractivity contribution in [2.24, 2.45) is 0 Å². The zero-order valence-corrected chi connectivity index (χ0v) is 12.1. The molecule has 0 aromatic heterocycles. The third-order valence-corrected chi connectivity index (χ3v) is 4.51. The molecule has 21 heavy (non-hydrogen) atoms. The van der Waals surface area contributed by atoms with Crippen LogP contribution in [0.3, 0.4) is 0 Å². The van der Waals surface area contributed by atoms with Crippen LogP contribution >= 0.6 is 0 Å². The first-order valence-electron chi connectivity index (χ1n) is 6.03. The van der Waals surface area contributed by atoms with Gasteiger partial charge < -0.3 is 5.32 Å². The van der Waals surface area contributed by atoms with E-state index >= 15 is 0 Å². The molecule has 0 aliphatic rings. The van der Waals surface area contributed by atoms with E-state index in [2.05, 4.69) is 5.32 Å². The molecule has 1 rings (SSSR count). The van der Waals surface area contributed by atoms with Crippen LogP contribution in [-0.2, 0) is 9.84 Å². The van der Waals surface area contributed by atoms with Crippen LogP contribution in [0.4, 0.5) is 5.69 Å². The first-order chi connectivity index (χ1) is 10.00. The van der Waals surface area contributed by atoms with Gasteiger partial charge in [0, 0.05) is 0 Å². The average Bonchev–Trinajstić information content (AvgIpc) is 2.47. The minimum Gasteiger partial charge on any atom is -0.344 e. The first-order valence-corrected chi connectivity index (χ1v) is 7.68. The molecular formula is C14H12N4O2S. The molecule has 0 saturated carbocycles. The molecule has 7 heteroatoms. The second-order valence-electron chi connectivity index (χ2n) is 4.03. The zero-order chi connectivity index (χ0) is 15.9. The molecule has 0 spiro atoms. The van der Waals surface area contributed by atoms with E-state index in [0.29, 0.717) is 6.42 Å². The van der Waals surface area contributed by atoms with Crippen molar-refractivity contribution in [2.75, 3.05) is 11.1 Å². The SMILES string of the molecule is CCCS(=O)(=O)c1ccccc1NC(C#N)=C(C#N)C#N. The normalized spacial score (nSPS) is 9.81. The number of hydrogen-bond acceptors (Lipinski definition) is 6. The molecule has 0 saturated heterocycles. The maximum Gasteiger partial charge on any atom is 0.180 e. The fraction of sp³-hybridized carbons (Fsp3) is 0.214. The van der Waals surface area contributed by atoms with Crippen molar-refractivity contribution < 1.29 is 8.42 Å². The summed E-state index contributed by atoms with van der Waals surface area (Å²) in [6, 6.07) is 10.9. The van der Waals surface area contributed by atoms with E-state index in [1.54, 1.807) is 37.3 Å². The van der Waals surface area contributed by atoms with Gasteiger partial charge in [-0.15, -0.1) is 0 Å². The Labute approximate surface area is 123 Å². The molecule has 0 radical (unpaired) electrons. The third kappa shape index (κ3) is 3.82. The second kappa shape index (κ2) is 7.09. The van der Waals surface area contributed by atoms with Gasteiger partial charge in [-0.2, -0.15) is 15.8 Å². The third-order valence-electron chi connectivity index (χ3n) is 2.54. The molecule has 1 aromatic rings. The monoisotopic (exact) mass is 300 g/mol. The van der Waals surface area contributed by atoms with Gasteiger partial charge in [0.1, 0.15) is 23.9 Å². The van der Waals surface area contributed by atoms with E-state index in [9.17, 15) is 8.42 Å². The van der Waals surface area contributed by atoms with Crippen LogP contribution in [-0.4, -0.2) is 14.2 Å². The fourth-order valence-electron chi connectivity index (χ4n) is 1.64. The van der Waals surface area contributed by atoms with E-state index in [1.165, 1.54) is 12.1 Å². The molecule has 0 fully saturated rings. The van der Waals surface area contributed by atoms with E-state index in [4.69, 9.17) is 15.8 Å². The van der Waals surface area contributed by atoms with Crippen LogP contribution in [0.15, 0.2) is 40.4 Å². The topological polar surface area (TPSA) is 118 Å². The summed E-state index contributed by atoms with van der Waals surface area (Å²) in [6.07, 6.45) is 0.458. The zero-order valence-electron chi connectivity index (χ0n) is 11.3. The molecule has 0 atom stereocenters. The lowest BCUT2D eigenvalue weighted by molar-refractivity contribution is 0.595. The van der Waals surface area contributed by atoms with Crippen molar-refractivity contribution in [2.45, 2.75) is 18.2 Å². The first kappa shape index (κ1) is 16.2. The highest BCUT2D eigenvalue weighted by molar-refractivity contribution is 7.91. The summed E-state index contributed by atoms with van der Waals surface area (Å²) in [5.74, 6) is -0.0271. The fourth-order valence-corrected chi connectivity index (χ4v) is 3.14. The van der Waals surface area contributed by atoms with E-state index in [0.717, 1.165) is 0 Å². The quantitative estimate of drug-likeness (QED) is 0.832. The Morgan fingerprint density at radius 3 is 2.29 bits per heavy atom. The highest BCUT2D eigenvalue weighted by Gasteiger charge is 2.18. The highest BCUT2D eigenvalue weighted by Crippen LogP contribution is 2.24. The van der Waals surface area contributed by atoms with Crippen molar-refractivity contribution in [3.05, 3.63) is 35.5 Å². The van der Waals surface area contributed by atoms with Gasteiger partial charge in [-0.1, -0.05) is 19.1 Å². The number of allylic oxidation sites excluding steroid dienone is 2. The molecular weight excluding hydrogens is 288 g/mol. The van der Waals surface area contributed by atoms with Gasteiger partial charge in [0.05, 0.1) is 16.3 Å². The molecule has 0 amide bonds. The number of sulfone groups is 1. The van der Waals surface area contributed by atoms with Crippen molar-refractivity contribution >= 4 is 15.5 Å². The Morgan fingerprint density at radius 1 is 1.14 bits per heavy atom. The number of nitriles is 3. The second-order valence-corrected chi connectivity index (χ2v) is 6.10. The van der Waals surface area contributed by atoms with Gasteiger partial charge in [0.2, 0.25) is 0 Å². The summed E-state index contributed by atoms with van der Waals surface area (Å²) in [6.45, 7) is 1.75. The lowest BCUT2D eigenvalue weighted by Crippen LogP contribution is -2.10. The predicted molar refractivity (Wildman–Crippen MR) is 76.3 cm³/mol. The highest BCUT2D eigenvalue weighted by atomic mass is 32.2. The molecule has 1 aromatic carbocycles. The van der Waals surface area contributed by atoms with Crippen LogP contribution < -0.4 is 5.32 Å². The van der Waals surface area contributed by atoms with Crippen molar-refractivity contribution in [1.29, 1.82) is 15.8 Å². The Kier molecular flexibility index (Phi) is 5.48. The number of hydrogen-bond donors (Lipinski definition) is 1. The number of para-hydroxylation sites is 1. The summed E-state index contributed by atoms with van der Waals surface area (Å²) in [5, 5.41) is 29.1. The Bertz CT molecular complexity index is 773. The Balaban J connectivity index is 3.37. The van der Waals surface area contributed by atoms with Crippen LogP contribution in [0.1, 0.15) is 13.3 Å². The van der Waals surface area contributed by atoms with Gasteiger partial charge in [-0.3, -0.25) is 0 Å². The number of rotatable bonds is 5. The smallest absolute Gasteiger partial charge is 0.180 e. The number of anilines is 1. The van der Waals surface area contributed by atoms with Crippen LogP contribution in [0.2, 0.25) is 0 Å². The number of benzene rings is 1. The predicted octanol–water partition coefficient (Wildman–Crippen LogP) is 2.11. The maximum atomic E-state index is 12.2. The van der Waals surface area contributed by atoms with E-state index in [1.807, 2.05) is 0 Å². The number of nitrogens with zero attached hydrogens (tertiary/aromatic N) is 3. The molecule has 1 N–H and O–H groups in total. The number of nitrogens with one attached hydrogen (secondary N) is 1. The van der Waals surface area contributed by atoms with Crippen LogP contribution in [0, 0.1) is 34.0 Å². The van der Waals surface area contributed by atoms with E-state index in [-0.39, 0.29) is 22.0 Å². The molecule has 0 heterocycles. The largest absolute Gasteiger partial charge is 0.344 e. The van der Waals surface area contributed by atoms with Crippen LogP contribution in [0.25, 0.3) is 0 Å². The molecule has 0 aliphatic heterocycles. The van der Waals surface area contributed by atoms with Gasteiger partial charge in [-0.05, 0) is 18.6 Å². The Morgan fingerprint density at radius 2 is 1.76 bits per heavy atom. The maximum absolute atomic E-state index is 12.2. The van der Waals surface area contributed by atoms with Gasteiger partial charge in [0.15, 0.2) is 15.4 Å². The molecule has 0 aliphatic carbocycles. The Hall–Kier alpha value is -2.82. The van der Waals surface area contributed by atoms with Crippen molar-refractivity contribution in [3.63, 3.8) is 0 Å². The summed E-state index contributed by atoms with van der Waals surface area (Å²) >= 11 is 0. The lowest BCUT2D eigenvalue weighted by atomic mass is 10.2. The van der Waals surface area contributed by atoms with E-state index < -0.39 is 15.4 Å². The average molecular weight is 300 g/mol. The molecule has 106 valence electrons. The summed E-state index contributed by atoms with van der Waals surface area (Å²) in [4.78, 5) is 0.0369. The minimum atomic E-state index is -3.49. The summed E-state index contributed by atoms with van der Waals surface area (Å²) in [5.41, 5.74) is -0.509. The van der Waals surface area contributed by atoms with Gasteiger partial charge in [-0.25, -0.2) is 8.42 Å². The minimum absolute atomic E-state index is 0.0271. The van der Waals surface area contributed by atoms with Crippen LogP contribution in [0.5, 0.6) is 0 Å². The van der Waals surface area contributed by atoms with Crippen molar-refractivity contribution in [1.82, 2.24) is 0 Å². The summed E-state index contributed by atoms with van der Waals surface area (Å²) in [7, 11) is -3.49. The standard InChI is InChI=1S/C14H12N4O2S/c1-2-7-21(19,20)14-6-4-3-5-12(14)18-13(10-17)11(8-15)9-16/h3-6,18H,2,7H2,1H3. The molecule has 0 bridgehead atoms. The molecule has 6 nitrogen and oxygen atoms in total.